The molecule has 7 nitrogen and oxygen atoms in total. The molecule has 0 saturated carbocycles. The third kappa shape index (κ3) is 2.79. The minimum atomic E-state index is -1.04. The fourth-order valence-electron chi connectivity index (χ4n) is 3.82. The molecule has 0 spiro atoms. The Kier molecular flexibility index (Phi) is 4.23. The maximum absolute atomic E-state index is 12.8. The quantitative estimate of drug-likeness (QED) is 0.468. The number of carboxylic acid groups (broad SMARTS) is 1. The summed E-state index contributed by atoms with van der Waals surface area (Å²) in [5.41, 5.74) is 2.85. The number of nitrogens with zero attached hydrogens (tertiary/aromatic N) is 2. The number of benzene rings is 2. The van der Waals surface area contributed by atoms with Crippen LogP contribution in [0.5, 0.6) is 5.88 Å². The molecule has 2 heterocycles. The largest absolute Gasteiger partial charge is 0.493 e. The molecule has 1 aliphatic rings. The Hall–Kier alpha value is -3.87. The van der Waals surface area contributed by atoms with Crippen LogP contribution in [0.2, 0.25) is 0 Å². The standard InChI is InChI=1S/C22H19N3O4/c1-11-17(22(28)29)12(2)24-19(11)18-15-9-8-14(10-16(15)25(23)21(18)27)20(26)13-6-4-3-5-7-13/h3-10,12,27H,23H2,1-2H3,(H,28,29). The zero-order chi connectivity index (χ0) is 20.9. The summed E-state index contributed by atoms with van der Waals surface area (Å²) in [4.78, 5) is 28.7. The maximum atomic E-state index is 12.8. The smallest absolute Gasteiger partial charge is 0.334 e. The Bertz CT molecular complexity index is 1240. The van der Waals surface area contributed by atoms with E-state index in [9.17, 15) is 19.8 Å². The van der Waals surface area contributed by atoms with E-state index in [0.717, 1.165) is 4.68 Å². The van der Waals surface area contributed by atoms with Crippen LogP contribution >= 0.6 is 0 Å². The molecule has 0 saturated heterocycles. The topological polar surface area (TPSA) is 118 Å². The van der Waals surface area contributed by atoms with Crippen molar-refractivity contribution in [3.63, 3.8) is 0 Å². The van der Waals surface area contributed by atoms with Gasteiger partial charge in [-0.2, -0.15) is 0 Å². The first-order valence-electron chi connectivity index (χ1n) is 9.06. The predicted molar refractivity (Wildman–Crippen MR) is 110 cm³/mol. The Balaban J connectivity index is 1.87. The number of carbonyl (C=O) groups excluding carboxylic acids is 1. The fraction of sp³-hybridized carbons (Fsp3) is 0.136. The van der Waals surface area contributed by atoms with E-state index in [1.54, 1.807) is 56.3 Å². The van der Waals surface area contributed by atoms with Crippen molar-refractivity contribution in [3.8, 4) is 5.88 Å². The van der Waals surface area contributed by atoms with Crippen molar-refractivity contribution in [1.82, 2.24) is 4.68 Å². The highest BCUT2D eigenvalue weighted by atomic mass is 16.4. The summed E-state index contributed by atoms with van der Waals surface area (Å²) in [6, 6.07) is 13.3. The minimum Gasteiger partial charge on any atom is -0.493 e. The molecule has 7 heteroatoms. The van der Waals surface area contributed by atoms with Crippen LogP contribution in [0.15, 0.2) is 64.7 Å². The van der Waals surface area contributed by atoms with Gasteiger partial charge in [0.1, 0.15) is 0 Å². The fourth-order valence-corrected chi connectivity index (χ4v) is 3.82. The van der Waals surface area contributed by atoms with Gasteiger partial charge in [0.2, 0.25) is 5.88 Å². The predicted octanol–water partition coefficient (Wildman–Crippen LogP) is 2.88. The van der Waals surface area contributed by atoms with Crippen LogP contribution in [0.4, 0.5) is 0 Å². The lowest BCUT2D eigenvalue weighted by Gasteiger charge is -2.04. The van der Waals surface area contributed by atoms with E-state index in [-0.39, 0.29) is 17.2 Å². The minimum absolute atomic E-state index is 0.161. The molecule has 1 unspecified atom stereocenters. The van der Waals surface area contributed by atoms with Crippen molar-refractivity contribution in [3.05, 3.63) is 76.4 Å². The average Bonchev–Trinajstić information content (AvgIpc) is 3.14. The number of hydrogen-bond acceptors (Lipinski definition) is 5. The van der Waals surface area contributed by atoms with Crippen molar-refractivity contribution in [2.24, 2.45) is 4.99 Å². The molecule has 4 rings (SSSR count). The van der Waals surface area contributed by atoms with Gasteiger partial charge in [-0.05, 0) is 25.5 Å². The van der Waals surface area contributed by atoms with Crippen molar-refractivity contribution < 1.29 is 19.8 Å². The molecule has 1 atom stereocenters. The van der Waals surface area contributed by atoms with Crippen LogP contribution in [-0.4, -0.2) is 38.4 Å². The number of carbonyl (C=O) groups is 2. The Morgan fingerprint density at radius 3 is 2.41 bits per heavy atom. The van der Waals surface area contributed by atoms with Crippen LogP contribution in [0, 0.1) is 0 Å². The van der Waals surface area contributed by atoms with Gasteiger partial charge in [0, 0.05) is 16.5 Å². The first kappa shape index (κ1) is 18.5. The first-order chi connectivity index (χ1) is 13.8. The normalized spacial score (nSPS) is 16.3. The highest BCUT2D eigenvalue weighted by Crippen LogP contribution is 2.36. The van der Waals surface area contributed by atoms with Gasteiger partial charge in [-0.15, -0.1) is 0 Å². The number of allylic oxidation sites excluding steroid dienone is 1. The second-order valence-corrected chi connectivity index (χ2v) is 6.99. The van der Waals surface area contributed by atoms with Gasteiger partial charge in [0.25, 0.3) is 0 Å². The van der Waals surface area contributed by atoms with Gasteiger partial charge >= 0.3 is 5.97 Å². The molecule has 1 aromatic heterocycles. The second-order valence-electron chi connectivity index (χ2n) is 6.99. The number of ketones is 1. The zero-order valence-corrected chi connectivity index (χ0v) is 15.9. The Labute approximate surface area is 166 Å². The van der Waals surface area contributed by atoms with Crippen molar-refractivity contribution in [1.29, 1.82) is 0 Å². The first-order valence-corrected chi connectivity index (χ1v) is 9.06. The van der Waals surface area contributed by atoms with Gasteiger partial charge in [-0.3, -0.25) is 9.79 Å². The van der Waals surface area contributed by atoms with Crippen LogP contribution in [0.3, 0.4) is 0 Å². The molecule has 3 aromatic rings. The monoisotopic (exact) mass is 389 g/mol. The number of nitrogen functional groups attached to an aromatic ring is 1. The van der Waals surface area contributed by atoms with Gasteiger partial charge < -0.3 is 16.1 Å². The lowest BCUT2D eigenvalue weighted by atomic mass is 9.97. The number of fused-ring (bicyclic) bond motifs is 1. The number of rotatable bonds is 4. The van der Waals surface area contributed by atoms with Crippen LogP contribution in [-0.2, 0) is 4.79 Å². The van der Waals surface area contributed by atoms with E-state index in [0.29, 0.717) is 38.9 Å². The Morgan fingerprint density at radius 1 is 1.10 bits per heavy atom. The number of aliphatic carboxylic acids is 1. The van der Waals surface area contributed by atoms with Crippen LogP contribution < -0.4 is 5.84 Å². The number of aromatic nitrogens is 1. The summed E-state index contributed by atoms with van der Waals surface area (Å²) in [6.45, 7) is 3.35. The number of nitrogens with two attached hydrogens (primary N) is 1. The van der Waals surface area contributed by atoms with Crippen molar-refractivity contribution in [2.75, 3.05) is 5.84 Å². The highest BCUT2D eigenvalue weighted by Gasteiger charge is 2.32. The third-order valence-corrected chi connectivity index (χ3v) is 5.24. The lowest BCUT2D eigenvalue weighted by molar-refractivity contribution is -0.132. The molecule has 0 amide bonds. The SMILES string of the molecule is CC1=C(C(=O)O)C(C)N=C1c1c(O)n(N)c2cc(C(=O)c3ccccc3)ccc12. The summed E-state index contributed by atoms with van der Waals surface area (Å²) >= 11 is 0. The number of aliphatic imine (C=N–C) groups is 1. The third-order valence-electron chi connectivity index (χ3n) is 5.24. The molecule has 2 aromatic carbocycles. The summed E-state index contributed by atoms with van der Waals surface area (Å²) < 4.78 is 1.09. The van der Waals surface area contributed by atoms with E-state index in [4.69, 9.17) is 5.84 Å². The molecule has 146 valence electrons. The second kappa shape index (κ2) is 6.63. The van der Waals surface area contributed by atoms with Gasteiger partial charge in [0.05, 0.1) is 28.4 Å². The molecular weight excluding hydrogens is 370 g/mol. The van der Waals surface area contributed by atoms with E-state index in [1.807, 2.05) is 6.07 Å². The summed E-state index contributed by atoms with van der Waals surface area (Å²) in [6.07, 6.45) is 0. The van der Waals surface area contributed by atoms with Crippen molar-refractivity contribution >= 4 is 28.4 Å². The molecule has 4 N–H and O–H groups in total. The molecule has 0 radical (unpaired) electrons. The molecule has 0 fully saturated rings. The lowest BCUT2D eigenvalue weighted by Crippen LogP contribution is -2.11. The molecular formula is C22H19N3O4. The van der Waals surface area contributed by atoms with E-state index < -0.39 is 12.0 Å². The zero-order valence-electron chi connectivity index (χ0n) is 15.9. The number of carboxylic acids is 1. The van der Waals surface area contributed by atoms with Gasteiger partial charge in [-0.25, -0.2) is 9.47 Å². The van der Waals surface area contributed by atoms with Gasteiger partial charge in [-0.1, -0.05) is 42.5 Å². The summed E-state index contributed by atoms with van der Waals surface area (Å²) in [5.74, 6) is 4.62. The van der Waals surface area contributed by atoms with Crippen LogP contribution in [0.25, 0.3) is 10.9 Å². The summed E-state index contributed by atoms with van der Waals surface area (Å²) in [5, 5.41) is 20.7. The molecule has 0 bridgehead atoms. The number of aromatic hydroxyl groups is 1. The van der Waals surface area contributed by atoms with E-state index >= 15 is 0 Å². The molecule has 0 aliphatic carbocycles. The van der Waals surface area contributed by atoms with Crippen LogP contribution in [0.1, 0.15) is 35.3 Å². The highest BCUT2D eigenvalue weighted by molar-refractivity contribution is 6.25. The van der Waals surface area contributed by atoms with E-state index in [2.05, 4.69) is 4.99 Å². The number of hydrogen-bond donors (Lipinski definition) is 3. The molecule has 1 aliphatic heterocycles. The molecule has 29 heavy (non-hydrogen) atoms. The van der Waals surface area contributed by atoms with Crippen molar-refractivity contribution in [2.45, 2.75) is 19.9 Å². The maximum Gasteiger partial charge on any atom is 0.334 e. The Morgan fingerprint density at radius 2 is 1.79 bits per heavy atom. The average molecular weight is 389 g/mol. The van der Waals surface area contributed by atoms with E-state index in [1.165, 1.54) is 0 Å². The van der Waals surface area contributed by atoms with Gasteiger partial charge in [0.15, 0.2) is 5.78 Å². The summed E-state index contributed by atoms with van der Waals surface area (Å²) in [7, 11) is 0.